The first kappa shape index (κ1) is 26.2. The van der Waals surface area contributed by atoms with E-state index in [0.717, 1.165) is 45.7 Å². The van der Waals surface area contributed by atoms with Crippen molar-refractivity contribution < 1.29 is 13.5 Å². The third kappa shape index (κ3) is 7.50. The van der Waals surface area contributed by atoms with Gasteiger partial charge in [-0.15, -0.1) is 24.0 Å². The Balaban J connectivity index is 0.00000341. The van der Waals surface area contributed by atoms with Crippen molar-refractivity contribution in [3.8, 4) is 0 Å². The summed E-state index contributed by atoms with van der Waals surface area (Å²) in [6, 6.07) is 3.89. The fourth-order valence-corrected chi connectivity index (χ4v) is 4.31. The van der Waals surface area contributed by atoms with Gasteiger partial charge in [0.15, 0.2) is 5.96 Å². The molecule has 0 radical (unpaired) electrons. The molecule has 0 bridgehead atoms. The van der Waals surface area contributed by atoms with Crippen molar-refractivity contribution in [2.45, 2.75) is 31.3 Å². The lowest BCUT2D eigenvalue weighted by Gasteiger charge is -2.34. The van der Waals surface area contributed by atoms with Gasteiger partial charge in [-0.05, 0) is 51.4 Å². The first-order valence-electron chi connectivity index (χ1n) is 10.9. The van der Waals surface area contributed by atoms with Crippen LogP contribution in [0.3, 0.4) is 0 Å². The van der Waals surface area contributed by atoms with Crippen molar-refractivity contribution in [1.29, 1.82) is 0 Å². The number of nitrogens with zero attached hydrogens (tertiary/aromatic N) is 3. The zero-order chi connectivity index (χ0) is 21.5. The van der Waals surface area contributed by atoms with Gasteiger partial charge in [-0.2, -0.15) is 0 Å². The van der Waals surface area contributed by atoms with Gasteiger partial charge in [0.25, 0.3) is 0 Å². The van der Waals surface area contributed by atoms with E-state index in [1.807, 2.05) is 19.0 Å². The molecule has 2 aliphatic rings. The van der Waals surface area contributed by atoms with Crippen LogP contribution in [0.1, 0.15) is 30.9 Å². The number of nitrogens with one attached hydrogen (secondary N) is 2. The lowest BCUT2D eigenvalue weighted by atomic mass is 10.0. The van der Waals surface area contributed by atoms with Gasteiger partial charge in [0.05, 0.1) is 12.6 Å². The summed E-state index contributed by atoms with van der Waals surface area (Å²) in [5.41, 5.74) is 0.0784. The first-order chi connectivity index (χ1) is 14.5. The van der Waals surface area contributed by atoms with Gasteiger partial charge in [-0.1, -0.05) is 6.07 Å². The van der Waals surface area contributed by atoms with Crippen LogP contribution in [-0.2, 0) is 4.74 Å². The van der Waals surface area contributed by atoms with Crippen LogP contribution in [0, 0.1) is 17.6 Å². The van der Waals surface area contributed by atoms with E-state index >= 15 is 0 Å². The standard InChI is InChI=1S/C22H35F2N5O.HI/c1-25-22(26-13-20(28(2)3)21-18(23)5-4-6-19(21)24)27-17-7-10-29(11-8-17)14-16-9-12-30-15-16;/h4-6,16-17,20H,7-15H2,1-3H3,(H2,25,26,27);1H. The van der Waals surface area contributed by atoms with Crippen molar-refractivity contribution in [3.05, 3.63) is 35.4 Å². The van der Waals surface area contributed by atoms with Crippen molar-refractivity contribution in [2.75, 3.05) is 60.5 Å². The number of rotatable bonds is 7. The van der Waals surface area contributed by atoms with E-state index in [1.54, 1.807) is 7.05 Å². The van der Waals surface area contributed by atoms with Crippen LogP contribution in [-0.4, -0.2) is 82.3 Å². The number of hydrogen-bond donors (Lipinski definition) is 2. The number of guanidine groups is 1. The maximum Gasteiger partial charge on any atom is 0.191 e. The van der Waals surface area contributed by atoms with E-state index in [4.69, 9.17) is 4.74 Å². The van der Waals surface area contributed by atoms with Crippen LogP contribution < -0.4 is 10.6 Å². The molecule has 2 heterocycles. The zero-order valence-electron chi connectivity index (χ0n) is 18.7. The Kier molecular flexibility index (Phi) is 10.9. The molecule has 1 aromatic rings. The maximum absolute atomic E-state index is 14.3. The SMILES string of the molecule is CN=C(NCC(c1c(F)cccc1F)N(C)C)NC1CCN(CC2CCOC2)CC1.I. The van der Waals surface area contributed by atoms with E-state index in [0.29, 0.717) is 24.5 Å². The second kappa shape index (κ2) is 12.9. The lowest BCUT2D eigenvalue weighted by Crippen LogP contribution is -2.50. The average Bonchev–Trinajstić information content (AvgIpc) is 3.23. The molecule has 31 heavy (non-hydrogen) atoms. The number of benzene rings is 1. The minimum Gasteiger partial charge on any atom is -0.381 e. The average molecular weight is 551 g/mol. The Morgan fingerprint density at radius 3 is 2.45 bits per heavy atom. The minimum absolute atomic E-state index is 0. The van der Waals surface area contributed by atoms with Crippen LogP contribution in [0.5, 0.6) is 0 Å². The van der Waals surface area contributed by atoms with Gasteiger partial charge in [0, 0.05) is 51.4 Å². The van der Waals surface area contributed by atoms with Gasteiger partial charge < -0.3 is 25.2 Å². The Bertz CT molecular complexity index is 687. The van der Waals surface area contributed by atoms with Gasteiger partial charge in [-0.3, -0.25) is 4.99 Å². The number of aliphatic imine (C=N–C) groups is 1. The highest BCUT2D eigenvalue weighted by atomic mass is 127. The van der Waals surface area contributed by atoms with Crippen LogP contribution in [0.2, 0.25) is 0 Å². The van der Waals surface area contributed by atoms with Crippen LogP contribution in [0.15, 0.2) is 23.2 Å². The number of halogens is 3. The highest BCUT2D eigenvalue weighted by Gasteiger charge is 2.25. The number of likely N-dealkylation sites (N-methyl/N-ethyl adjacent to an activating group) is 1. The molecule has 0 spiro atoms. The number of ether oxygens (including phenoxy) is 1. The summed E-state index contributed by atoms with van der Waals surface area (Å²) in [7, 11) is 5.36. The number of piperidine rings is 1. The Hall–Kier alpha value is -1.04. The van der Waals surface area contributed by atoms with Crippen LogP contribution in [0.25, 0.3) is 0 Å². The first-order valence-corrected chi connectivity index (χ1v) is 10.9. The zero-order valence-corrected chi connectivity index (χ0v) is 21.1. The molecule has 1 aromatic carbocycles. The molecular formula is C22H36F2IN5O. The molecule has 3 rings (SSSR count). The molecule has 0 saturated carbocycles. The molecular weight excluding hydrogens is 515 g/mol. The van der Waals surface area contributed by atoms with Gasteiger partial charge in [-0.25, -0.2) is 8.78 Å². The second-order valence-electron chi connectivity index (χ2n) is 8.52. The molecule has 176 valence electrons. The van der Waals surface area contributed by atoms with Gasteiger partial charge in [0.1, 0.15) is 11.6 Å². The molecule has 0 aromatic heterocycles. The fourth-order valence-electron chi connectivity index (χ4n) is 4.31. The van der Waals surface area contributed by atoms with E-state index < -0.39 is 17.7 Å². The van der Waals surface area contributed by atoms with E-state index in [9.17, 15) is 8.78 Å². The molecule has 6 nitrogen and oxygen atoms in total. The lowest BCUT2D eigenvalue weighted by molar-refractivity contribution is 0.150. The molecule has 9 heteroatoms. The molecule has 2 atom stereocenters. The minimum atomic E-state index is -0.529. The smallest absolute Gasteiger partial charge is 0.191 e. The summed E-state index contributed by atoms with van der Waals surface area (Å²) < 4.78 is 34.0. The summed E-state index contributed by atoms with van der Waals surface area (Å²) in [6.07, 6.45) is 3.27. The normalized spacial score (nSPS) is 21.7. The molecule has 2 saturated heterocycles. The fraction of sp³-hybridized carbons (Fsp3) is 0.682. The number of hydrogen-bond acceptors (Lipinski definition) is 4. The molecule has 0 amide bonds. The maximum atomic E-state index is 14.3. The summed E-state index contributed by atoms with van der Waals surface area (Å²) in [5.74, 6) is 0.281. The second-order valence-corrected chi connectivity index (χ2v) is 8.52. The number of likely N-dealkylation sites (tertiary alicyclic amines) is 1. The Morgan fingerprint density at radius 2 is 1.90 bits per heavy atom. The quantitative estimate of drug-likeness (QED) is 0.310. The van der Waals surface area contributed by atoms with Crippen LogP contribution in [0.4, 0.5) is 8.78 Å². The molecule has 2 N–H and O–H groups in total. The third-order valence-electron chi connectivity index (χ3n) is 6.11. The van der Waals surface area contributed by atoms with Gasteiger partial charge in [0.2, 0.25) is 0 Å². The summed E-state index contributed by atoms with van der Waals surface area (Å²) in [4.78, 5) is 8.65. The van der Waals surface area contributed by atoms with Gasteiger partial charge >= 0.3 is 0 Å². The summed E-state index contributed by atoms with van der Waals surface area (Å²) in [6.45, 7) is 5.39. The highest BCUT2D eigenvalue weighted by Crippen LogP contribution is 2.24. The predicted octanol–water partition coefficient (Wildman–Crippen LogP) is 2.85. The molecule has 2 aliphatic heterocycles. The highest BCUT2D eigenvalue weighted by molar-refractivity contribution is 14.0. The monoisotopic (exact) mass is 551 g/mol. The largest absolute Gasteiger partial charge is 0.381 e. The molecule has 0 aliphatic carbocycles. The Labute approximate surface area is 201 Å². The van der Waals surface area contributed by atoms with Crippen molar-refractivity contribution in [2.24, 2.45) is 10.9 Å². The summed E-state index contributed by atoms with van der Waals surface area (Å²) >= 11 is 0. The van der Waals surface area contributed by atoms with Crippen molar-refractivity contribution in [3.63, 3.8) is 0 Å². The van der Waals surface area contributed by atoms with Crippen molar-refractivity contribution >= 4 is 29.9 Å². The molecule has 2 unspecified atom stereocenters. The van der Waals surface area contributed by atoms with E-state index in [1.165, 1.54) is 24.6 Å². The van der Waals surface area contributed by atoms with Crippen LogP contribution >= 0.6 is 24.0 Å². The van der Waals surface area contributed by atoms with Crippen molar-refractivity contribution in [1.82, 2.24) is 20.4 Å². The topological polar surface area (TPSA) is 52.1 Å². The van der Waals surface area contributed by atoms with E-state index in [-0.39, 0.29) is 29.5 Å². The Morgan fingerprint density at radius 1 is 1.23 bits per heavy atom. The molecule has 2 fully saturated rings. The predicted molar refractivity (Wildman–Crippen MR) is 131 cm³/mol. The third-order valence-corrected chi connectivity index (χ3v) is 6.11. The summed E-state index contributed by atoms with van der Waals surface area (Å²) in [5, 5.41) is 6.73. The van der Waals surface area contributed by atoms with E-state index in [2.05, 4.69) is 20.5 Å².